The molecule has 0 spiro atoms. The molecule has 162 valence electrons. The minimum atomic E-state index is -4.52. The number of carbonyl (C=O) groups is 1. The van der Waals surface area contributed by atoms with Gasteiger partial charge in [-0.2, -0.15) is 13.2 Å². The zero-order valence-electron chi connectivity index (χ0n) is 16.3. The molecule has 0 bridgehead atoms. The van der Waals surface area contributed by atoms with Gasteiger partial charge in [-0.1, -0.05) is 18.2 Å². The predicted octanol–water partition coefficient (Wildman–Crippen LogP) is 5.63. The lowest BCUT2D eigenvalue weighted by Crippen LogP contribution is -2.17. The quantitative estimate of drug-likeness (QED) is 0.426. The van der Waals surface area contributed by atoms with Gasteiger partial charge in [0, 0.05) is 17.1 Å². The number of anilines is 2. The third-order valence-electron chi connectivity index (χ3n) is 4.34. The molecular formula is C22H15F3N4O3. The Morgan fingerprint density at radius 2 is 1.78 bits per heavy atom. The van der Waals surface area contributed by atoms with E-state index >= 15 is 0 Å². The van der Waals surface area contributed by atoms with Crippen LogP contribution in [0.15, 0.2) is 73.1 Å². The number of nitrogens with one attached hydrogen (secondary N) is 1. The van der Waals surface area contributed by atoms with Crippen molar-refractivity contribution < 1.29 is 27.4 Å². The third kappa shape index (κ3) is 4.86. The predicted molar refractivity (Wildman–Crippen MR) is 112 cm³/mol. The van der Waals surface area contributed by atoms with E-state index in [1.54, 1.807) is 36.4 Å². The topological polar surface area (TPSA) is 99.4 Å². The zero-order chi connectivity index (χ0) is 22.7. The summed E-state index contributed by atoms with van der Waals surface area (Å²) in [5, 5.41) is 3.61. The van der Waals surface area contributed by atoms with Crippen LogP contribution in [0.25, 0.3) is 10.8 Å². The first-order valence-electron chi connectivity index (χ1n) is 9.22. The maximum Gasteiger partial charge on any atom is 0.417 e. The summed E-state index contributed by atoms with van der Waals surface area (Å²) in [5.74, 6) is 1.23. The highest BCUT2D eigenvalue weighted by molar-refractivity contribution is 5.93. The van der Waals surface area contributed by atoms with Crippen molar-refractivity contribution in [2.75, 3.05) is 11.1 Å². The Hall–Kier alpha value is -4.34. The van der Waals surface area contributed by atoms with E-state index in [4.69, 9.17) is 15.2 Å². The number of aromatic nitrogens is 2. The number of carbonyl (C=O) groups excluding carboxylic acids is 1. The largest absolute Gasteiger partial charge is 0.439 e. The van der Waals surface area contributed by atoms with Gasteiger partial charge < -0.3 is 15.2 Å². The summed E-state index contributed by atoms with van der Waals surface area (Å²) >= 11 is 0. The fraction of sp³-hybridized carbons (Fsp3) is 0.0455. The second-order valence-electron chi connectivity index (χ2n) is 6.62. The molecular weight excluding hydrogens is 425 g/mol. The van der Waals surface area contributed by atoms with Crippen LogP contribution in [0.3, 0.4) is 0 Å². The van der Waals surface area contributed by atoms with Crippen LogP contribution in [0.4, 0.5) is 29.5 Å². The molecule has 0 aliphatic carbocycles. The van der Waals surface area contributed by atoms with Crippen LogP contribution in [-0.2, 0) is 6.18 Å². The second-order valence-corrected chi connectivity index (χ2v) is 6.62. The summed E-state index contributed by atoms with van der Waals surface area (Å²) in [6.45, 7) is 0. The van der Waals surface area contributed by atoms with Crippen molar-refractivity contribution >= 4 is 28.4 Å². The molecule has 1 heterocycles. The van der Waals surface area contributed by atoms with Gasteiger partial charge in [0.2, 0.25) is 5.88 Å². The van der Waals surface area contributed by atoms with Crippen molar-refractivity contribution in [3.63, 3.8) is 0 Å². The molecule has 0 saturated heterocycles. The molecule has 7 nitrogen and oxygen atoms in total. The fourth-order valence-corrected chi connectivity index (χ4v) is 2.93. The number of ether oxygens (including phenoxy) is 2. The molecule has 0 radical (unpaired) electrons. The summed E-state index contributed by atoms with van der Waals surface area (Å²) in [6.07, 6.45) is -4.16. The Labute approximate surface area is 179 Å². The van der Waals surface area contributed by atoms with Crippen LogP contribution in [0.2, 0.25) is 0 Å². The first-order chi connectivity index (χ1) is 15.3. The standard InChI is InChI=1S/C22H15F3N4O3/c23-22(24,25)14-4-2-5-15(10-14)29-21(30)32-18-6-1-3-13-9-16(7-8-17(13)18)31-20-11-19(26)27-12-28-20/h1-12H,(H,29,30)(H2,26,27,28). The fourth-order valence-electron chi connectivity index (χ4n) is 2.93. The lowest BCUT2D eigenvalue weighted by atomic mass is 10.1. The Bertz CT molecular complexity index is 1290. The number of amides is 1. The number of hydrogen-bond acceptors (Lipinski definition) is 6. The number of fused-ring (bicyclic) bond motifs is 1. The summed E-state index contributed by atoms with van der Waals surface area (Å²) in [4.78, 5) is 20.0. The lowest BCUT2D eigenvalue weighted by Gasteiger charge is -2.12. The average Bonchev–Trinajstić information content (AvgIpc) is 2.73. The number of nitrogen functional groups attached to an aromatic ring is 1. The molecule has 3 aromatic carbocycles. The molecule has 10 heteroatoms. The molecule has 0 aliphatic rings. The van der Waals surface area contributed by atoms with Gasteiger partial charge in [-0.15, -0.1) is 0 Å². The molecule has 32 heavy (non-hydrogen) atoms. The summed E-state index contributed by atoms with van der Waals surface area (Å²) in [7, 11) is 0. The van der Waals surface area contributed by atoms with Crippen LogP contribution < -0.4 is 20.5 Å². The first-order valence-corrected chi connectivity index (χ1v) is 9.22. The Kier molecular flexibility index (Phi) is 5.50. The van der Waals surface area contributed by atoms with Gasteiger partial charge in [0.05, 0.1) is 5.56 Å². The van der Waals surface area contributed by atoms with Crippen molar-refractivity contribution in [3.05, 3.63) is 78.6 Å². The number of benzene rings is 3. The van der Waals surface area contributed by atoms with Crippen molar-refractivity contribution in [1.82, 2.24) is 9.97 Å². The Morgan fingerprint density at radius 3 is 2.56 bits per heavy atom. The van der Waals surface area contributed by atoms with Gasteiger partial charge >= 0.3 is 12.3 Å². The van der Waals surface area contributed by atoms with E-state index in [1.165, 1.54) is 24.5 Å². The molecule has 1 aromatic heterocycles. The second kappa shape index (κ2) is 8.42. The number of rotatable bonds is 4. The molecule has 0 unspecified atom stereocenters. The molecule has 3 N–H and O–H groups in total. The van der Waals surface area contributed by atoms with Gasteiger partial charge in [0.25, 0.3) is 0 Å². The molecule has 1 amide bonds. The van der Waals surface area contributed by atoms with Crippen LogP contribution in [-0.4, -0.2) is 16.1 Å². The van der Waals surface area contributed by atoms with E-state index in [-0.39, 0.29) is 23.1 Å². The Balaban J connectivity index is 1.51. The van der Waals surface area contributed by atoms with Crippen LogP contribution in [0.1, 0.15) is 5.56 Å². The van der Waals surface area contributed by atoms with Gasteiger partial charge in [-0.3, -0.25) is 5.32 Å². The molecule has 4 aromatic rings. The maximum atomic E-state index is 12.8. The van der Waals surface area contributed by atoms with Gasteiger partial charge in [0.1, 0.15) is 23.6 Å². The monoisotopic (exact) mass is 440 g/mol. The smallest absolute Gasteiger partial charge is 0.417 e. The van der Waals surface area contributed by atoms with Crippen LogP contribution >= 0.6 is 0 Å². The van der Waals surface area contributed by atoms with Crippen LogP contribution in [0.5, 0.6) is 17.4 Å². The van der Waals surface area contributed by atoms with Gasteiger partial charge in [0.15, 0.2) is 0 Å². The van der Waals surface area contributed by atoms with E-state index in [1.807, 2.05) is 0 Å². The van der Waals surface area contributed by atoms with Crippen molar-refractivity contribution in [2.45, 2.75) is 6.18 Å². The number of nitrogens with zero attached hydrogens (tertiary/aromatic N) is 2. The van der Waals surface area contributed by atoms with E-state index in [0.717, 1.165) is 12.1 Å². The molecule has 4 rings (SSSR count). The molecule has 0 aliphatic heterocycles. The van der Waals surface area contributed by atoms with Gasteiger partial charge in [-0.05, 0) is 47.9 Å². The summed E-state index contributed by atoms with van der Waals surface area (Å²) in [6, 6.07) is 15.8. The van der Waals surface area contributed by atoms with E-state index in [0.29, 0.717) is 16.5 Å². The highest BCUT2D eigenvalue weighted by Gasteiger charge is 2.30. The average molecular weight is 440 g/mol. The maximum absolute atomic E-state index is 12.8. The zero-order valence-corrected chi connectivity index (χ0v) is 16.3. The molecule has 0 fully saturated rings. The molecule has 0 saturated carbocycles. The number of halogens is 3. The highest BCUT2D eigenvalue weighted by Crippen LogP contribution is 2.32. The number of hydrogen-bond donors (Lipinski definition) is 2. The first kappa shape index (κ1) is 20.9. The Morgan fingerprint density at radius 1 is 0.969 bits per heavy atom. The van der Waals surface area contributed by atoms with Crippen molar-refractivity contribution in [1.29, 1.82) is 0 Å². The molecule has 0 atom stereocenters. The van der Waals surface area contributed by atoms with E-state index in [2.05, 4.69) is 15.3 Å². The van der Waals surface area contributed by atoms with E-state index in [9.17, 15) is 18.0 Å². The normalized spacial score (nSPS) is 11.2. The van der Waals surface area contributed by atoms with E-state index < -0.39 is 17.8 Å². The van der Waals surface area contributed by atoms with Crippen molar-refractivity contribution in [3.8, 4) is 17.4 Å². The minimum Gasteiger partial charge on any atom is -0.439 e. The summed E-state index contributed by atoms with van der Waals surface area (Å²) < 4.78 is 49.5. The van der Waals surface area contributed by atoms with Crippen molar-refractivity contribution in [2.24, 2.45) is 0 Å². The highest BCUT2D eigenvalue weighted by atomic mass is 19.4. The number of nitrogens with two attached hydrogens (primary N) is 1. The van der Waals surface area contributed by atoms with Gasteiger partial charge in [-0.25, -0.2) is 14.8 Å². The third-order valence-corrected chi connectivity index (χ3v) is 4.34. The van der Waals surface area contributed by atoms with Crippen LogP contribution in [0, 0.1) is 0 Å². The lowest BCUT2D eigenvalue weighted by molar-refractivity contribution is -0.137. The summed E-state index contributed by atoms with van der Waals surface area (Å²) in [5.41, 5.74) is 4.70. The SMILES string of the molecule is Nc1cc(Oc2ccc3c(OC(=O)Nc4cccc(C(F)(F)F)c4)cccc3c2)ncn1. The number of alkyl halides is 3. The minimum absolute atomic E-state index is 0.0372.